The van der Waals surface area contributed by atoms with Gasteiger partial charge in [-0.2, -0.15) is 10.2 Å². The SMILES string of the molecule is CCCN(Cc1ccccc1)C(=O)C1CCN(c2oc(-c3ccco3)nc2C#N)CC1. The maximum Gasteiger partial charge on any atom is 0.266 e. The van der Waals surface area contributed by atoms with Gasteiger partial charge in [0.1, 0.15) is 6.07 Å². The summed E-state index contributed by atoms with van der Waals surface area (Å²) in [5.41, 5.74) is 1.39. The lowest BCUT2D eigenvalue weighted by atomic mass is 9.95. The van der Waals surface area contributed by atoms with Crippen molar-refractivity contribution >= 4 is 11.8 Å². The van der Waals surface area contributed by atoms with Crippen LogP contribution in [-0.2, 0) is 11.3 Å². The lowest BCUT2D eigenvalue weighted by Gasteiger charge is -2.34. The number of oxazole rings is 1. The Kier molecular flexibility index (Phi) is 6.37. The monoisotopic (exact) mass is 418 g/mol. The van der Waals surface area contributed by atoms with Crippen LogP contribution in [0.2, 0.25) is 0 Å². The van der Waals surface area contributed by atoms with Gasteiger partial charge < -0.3 is 18.6 Å². The Bertz CT molecular complexity index is 1030. The first kappa shape index (κ1) is 20.7. The van der Waals surface area contributed by atoms with Gasteiger partial charge in [0, 0.05) is 32.1 Å². The number of hydrogen-bond donors (Lipinski definition) is 0. The fraction of sp³-hybridized carbons (Fsp3) is 0.375. The minimum Gasteiger partial charge on any atom is -0.459 e. The molecule has 0 unspecified atom stereocenters. The van der Waals surface area contributed by atoms with Crippen molar-refractivity contribution in [3.05, 3.63) is 60.0 Å². The molecule has 1 aromatic carbocycles. The van der Waals surface area contributed by atoms with E-state index in [1.807, 2.05) is 28.0 Å². The molecule has 0 bridgehead atoms. The molecule has 0 spiro atoms. The van der Waals surface area contributed by atoms with Gasteiger partial charge in [0.05, 0.1) is 6.26 Å². The van der Waals surface area contributed by atoms with Gasteiger partial charge in [0.15, 0.2) is 5.76 Å². The van der Waals surface area contributed by atoms with Gasteiger partial charge in [-0.1, -0.05) is 37.3 Å². The van der Waals surface area contributed by atoms with E-state index in [4.69, 9.17) is 8.83 Å². The molecule has 0 radical (unpaired) electrons. The van der Waals surface area contributed by atoms with Gasteiger partial charge in [-0.05, 0) is 37.0 Å². The number of nitriles is 1. The molecule has 0 aliphatic carbocycles. The standard InChI is InChI=1S/C24H26N4O3/c1-2-12-28(17-18-7-4-3-5-8-18)23(29)19-10-13-27(14-11-19)24-20(16-25)26-22(31-24)21-9-6-15-30-21/h3-9,15,19H,2,10-14,17H2,1H3. The summed E-state index contributed by atoms with van der Waals surface area (Å²) in [5, 5.41) is 9.48. The predicted molar refractivity (Wildman–Crippen MR) is 116 cm³/mol. The van der Waals surface area contributed by atoms with Crippen LogP contribution >= 0.6 is 0 Å². The summed E-state index contributed by atoms with van der Waals surface area (Å²) in [6.07, 6.45) is 3.90. The molecular formula is C24H26N4O3. The third kappa shape index (κ3) is 4.64. The summed E-state index contributed by atoms with van der Waals surface area (Å²) in [6.45, 7) is 4.77. The molecule has 1 amide bonds. The van der Waals surface area contributed by atoms with Crippen LogP contribution in [0.5, 0.6) is 0 Å². The number of piperidine rings is 1. The number of nitrogens with zero attached hydrogens (tertiary/aromatic N) is 4. The van der Waals surface area contributed by atoms with Gasteiger partial charge in [-0.25, -0.2) is 0 Å². The minimum absolute atomic E-state index is 0.0236. The maximum atomic E-state index is 13.2. The molecule has 0 saturated carbocycles. The molecule has 0 atom stereocenters. The Morgan fingerprint density at radius 3 is 2.65 bits per heavy atom. The largest absolute Gasteiger partial charge is 0.459 e. The van der Waals surface area contributed by atoms with Crippen LogP contribution in [0.4, 0.5) is 5.88 Å². The second kappa shape index (κ2) is 9.52. The predicted octanol–water partition coefficient (Wildman–Crippen LogP) is 4.46. The fourth-order valence-electron chi connectivity index (χ4n) is 4.03. The molecule has 7 heteroatoms. The van der Waals surface area contributed by atoms with Crippen LogP contribution in [0.1, 0.15) is 37.4 Å². The molecule has 31 heavy (non-hydrogen) atoms. The van der Waals surface area contributed by atoms with E-state index in [9.17, 15) is 10.1 Å². The Hall–Kier alpha value is -3.53. The highest BCUT2D eigenvalue weighted by Gasteiger charge is 2.31. The number of aromatic nitrogens is 1. The Balaban J connectivity index is 1.42. The van der Waals surface area contributed by atoms with Gasteiger partial charge >= 0.3 is 0 Å². The Morgan fingerprint density at radius 1 is 1.23 bits per heavy atom. The molecule has 3 aromatic rings. The molecule has 7 nitrogen and oxygen atoms in total. The topological polar surface area (TPSA) is 86.5 Å². The van der Waals surface area contributed by atoms with Crippen LogP contribution in [0, 0.1) is 17.2 Å². The van der Waals surface area contributed by atoms with Crippen molar-refractivity contribution in [3.63, 3.8) is 0 Å². The van der Waals surface area contributed by atoms with Gasteiger partial charge in [-0.15, -0.1) is 0 Å². The van der Waals surface area contributed by atoms with Gasteiger partial charge in [0.2, 0.25) is 17.5 Å². The van der Waals surface area contributed by atoms with E-state index < -0.39 is 0 Å². The van der Waals surface area contributed by atoms with Crippen LogP contribution in [0.15, 0.2) is 57.6 Å². The van der Waals surface area contributed by atoms with Crippen molar-refractivity contribution in [2.24, 2.45) is 5.92 Å². The van der Waals surface area contributed by atoms with Gasteiger partial charge in [0.25, 0.3) is 5.89 Å². The summed E-state index contributed by atoms with van der Waals surface area (Å²) < 4.78 is 11.2. The van der Waals surface area contributed by atoms with Crippen molar-refractivity contribution in [2.75, 3.05) is 24.5 Å². The van der Waals surface area contributed by atoms with Crippen LogP contribution in [-0.4, -0.2) is 35.4 Å². The first-order valence-electron chi connectivity index (χ1n) is 10.7. The fourth-order valence-corrected chi connectivity index (χ4v) is 4.03. The molecule has 160 valence electrons. The summed E-state index contributed by atoms with van der Waals surface area (Å²) in [4.78, 5) is 21.5. The summed E-state index contributed by atoms with van der Waals surface area (Å²) in [5.74, 6) is 1.43. The van der Waals surface area contributed by atoms with Crippen LogP contribution in [0.25, 0.3) is 11.7 Å². The third-order valence-corrected chi connectivity index (χ3v) is 5.60. The third-order valence-electron chi connectivity index (χ3n) is 5.60. The minimum atomic E-state index is -0.0236. The van der Waals surface area contributed by atoms with Crippen molar-refractivity contribution in [1.82, 2.24) is 9.88 Å². The van der Waals surface area contributed by atoms with E-state index in [0.717, 1.165) is 31.4 Å². The molecule has 4 rings (SSSR count). The molecule has 2 aromatic heterocycles. The first-order valence-corrected chi connectivity index (χ1v) is 10.7. The highest BCUT2D eigenvalue weighted by Crippen LogP contribution is 2.31. The van der Waals surface area contributed by atoms with Crippen molar-refractivity contribution in [3.8, 4) is 17.7 Å². The molecule has 1 aliphatic rings. The highest BCUT2D eigenvalue weighted by atomic mass is 16.4. The molecule has 1 saturated heterocycles. The van der Waals surface area contributed by atoms with Crippen molar-refractivity contribution in [2.45, 2.75) is 32.7 Å². The number of anilines is 1. The van der Waals surface area contributed by atoms with Crippen molar-refractivity contribution in [1.29, 1.82) is 5.26 Å². The van der Waals surface area contributed by atoms with E-state index in [0.29, 0.717) is 37.2 Å². The lowest BCUT2D eigenvalue weighted by Crippen LogP contribution is -2.42. The van der Waals surface area contributed by atoms with E-state index in [1.54, 1.807) is 18.4 Å². The average molecular weight is 418 g/mol. The van der Waals surface area contributed by atoms with E-state index >= 15 is 0 Å². The zero-order valence-electron chi connectivity index (χ0n) is 17.7. The lowest BCUT2D eigenvalue weighted by molar-refractivity contribution is -0.136. The molecule has 1 aliphatic heterocycles. The average Bonchev–Trinajstić information content (AvgIpc) is 3.49. The van der Waals surface area contributed by atoms with Crippen LogP contribution < -0.4 is 4.90 Å². The normalized spacial score (nSPS) is 14.4. The molecule has 1 fully saturated rings. The molecular weight excluding hydrogens is 392 g/mol. The number of rotatable bonds is 7. The first-order chi connectivity index (χ1) is 15.2. The highest BCUT2D eigenvalue weighted by molar-refractivity contribution is 5.79. The van der Waals surface area contributed by atoms with E-state index in [1.165, 1.54) is 0 Å². The molecule has 0 N–H and O–H groups in total. The van der Waals surface area contributed by atoms with E-state index in [2.05, 4.69) is 30.1 Å². The zero-order chi connectivity index (χ0) is 21.6. The quantitative estimate of drug-likeness (QED) is 0.563. The molecule has 3 heterocycles. The number of furan rings is 1. The second-order valence-corrected chi connectivity index (χ2v) is 7.77. The summed E-state index contributed by atoms with van der Waals surface area (Å²) >= 11 is 0. The number of carbonyl (C=O) groups excluding carboxylic acids is 1. The van der Waals surface area contributed by atoms with Gasteiger partial charge in [-0.3, -0.25) is 4.79 Å². The Morgan fingerprint density at radius 2 is 2.00 bits per heavy atom. The van der Waals surface area contributed by atoms with E-state index in [-0.39, 0.29) is 17.5 Å². The zero-order valence-corrected chi connectivity index (χ0v) is 17.7. The number of amides is 1. The number of hydrogen-bond acceptors (Lipinski definition) is 6. The summed E-state index contributed by atoms with van der Waals surface area (Å²) in [6, 6.07) is 15.7. The Labute approximate surface area is 181 Å². The smallest absolute Gasteiger partial charge is 0.266 e. The van der Waals surface area contributed by atoms with Crippen LogP contribution in [0.3, 0.4) is 0 Å². The number of carbonyl (C=O) groups is 1. The second-order valence-electron chi connectivity index (χ2n) is 7.77. The number of benzene rings is 1. The summed E-state index contributed by atoms with van der Waals surface area (Å²) in [7, 11) is 0. The van der Waals surface area contributed by atoms with Crippen molar-refractivity contribution < 1.29 is 13.6 Å². The maximum absolute atomic E-state index is 13.2.